The first-order chi connectivity index (χ1) is 12.7. The Morgan fingerprint density at radius 1 is 1.31 bits per heavy atom. The van der Waals surface area contributed by atoms with Crippen LogP contribution in [0.4, 0.5) is 0 Å². The third kappa shape index (κ3) is 4.21. The molecule has 0 radical (unpaired) electrons. The maximum absolute atomic E-state index is 12.8. The van der Waals surface area contributed by atoms with Crippen LogP contribution >= 0.6 is 11.6 Å². The van der Waals surface area contributed by atoms with E-state index in [2.05, 4.69) is 40.2 Å². The molecule has 2 aliphatic rings. The molecule has 0 saturated carbocycles. The van der Waals surface area contributed by atoms with Crippen molar-refractivity contribution < 1.29 is 4.79 Å². The topological polar surface area (TPSA) is 68.4 Å². The highest BCUT2D eigenvalue weighted by atomic mass is 35.5. The Kier molecular flexibility index (Phi) is 6.89. The van der Waals surface area contributed by atoms with Crippen LogP contribution in [0.5, 0.6) is 0 Å². The Bertz CT molecular complexity index is 609. The number of hydrogen-bond acceptors (Lipinski definition) is 5. The first kappa shape index (κ1) is 19.6. The number of amides is 1. The highest BCUT2D eigenvalue weighted by molar-refractivity contribution is 6.31. The lowest BCUT2D eigenvalue weighted by Crippen LogP contribution is -2.50. The van der Waals surface area contributed by atoms with Gasteiger partial charge in [0, 0.05) is 30.1 Å². The number of hydrazine groups is 1. The molecule has 2 heterocycles. The van der Waals surface area contributed by atoms with Crippen molar-refractivity contribution in [1.29, 1.82) is 0 Å². The van der Waals surface area contributed by atoms with E-state index in [0.29, 0.717) is 12.6 Å². The minimum atomic E-state index is -0.198. The fourth-order valence-electron chi connectivity index (χ4n) is 4.13. The summed E-state index contributed by atoms with van der Waals surface area (Å²) in [6, 6.07) is 8.14. The number of halogens is 1. The van der Waals surface area contributed by atoms with Crippen LogP contribution in [0, 0.1) is 5.92 Å². The normalized spacial score (nSPS) is 26.5. The summed E-state index contributed by atoms with van der Waals surface area (Å²) in [5.41, 5.74) is 7.53. The SMILES string of the molecule is CCN(CC)C(CNC(=O)C1NNC2CCNCC21)c1ccccc1Cl. The molecule has 1 amide bonds. The number of benzene rings is 1. The molecule has 1 aromatic carbocycles. The molecule has 2 aliphatic heterocycles. The molecule has 7 heteroatoms. The van der Waals surface area contributed by atoms with E-state index < -0.39 is 0 Å². The first-order valence-electron chi connectivity index (χ1n) is 9.63. The van der Waals surface area contributed by atoms with Gasteiger partial charge in [-0.2, -0.15) is 0 Å². The van der Waals surface area contributed by atoms with E-state index in [1.165, 1.54) is 0 Å². The molecule has 0 bridgehead atoms. The van der Waals surface area contributed by atoms with Gasteiger partial charge >= 0.3 is 0 Å². The van der Waals surface area contributed by atoms with E-state index in [1.54, 1.807) is 0 Å². The van der Waals surface area contributed by atoms with Crippen molar-refractivity contribution in [1.82, 2.24) is 26.4 Å². The van der Waals surface area contributed by atoms with Gasteiger partial charge in [-0.05, 0) is 37.7 Å². The van der Waals surface area contributed by atoms with E-state index >= 15 is 0 Å². The van der Waals surface area contributed by atoms with Gasteiger partial charge in [-0.15, -0.1) is 0 Å². The third-order valence-corrected chi connectivity index (χ3v) is 6.00. The van der Waals surface area contributed by atoms with Crippen LogP contribution < -0.4 is 21.5 Å². The summed E-state index contributed by atoms with van der Waals surface area (Å²) in [6.07, 6.45) is 1.04. The van der Waals surface area contributed by atoms with Gasteiger partial charge in [-0.3, -0.25) is 15.1 Å². The largest absolute Gasteiger partial charge is 0.353 e. The molecule has 2 fully saturated rings. The summed E-state index contributed by atoms with van der Waals surface area (Å²) in [7, 11) is 0. The lowest BCUT2D eigenvalue weighted by molar-refractivity contribution is -0.124. The van der Waals surface area contributed by atoms with E-state index in [-0.39, 0.29) is 23.9 Å². The van der Waals surface area contributed by atoms with Crippen molar-refractivity contribution in [2.45, 2.75) is 38.4 Å². The first-order valence-corrected chi connectivity index (χ1v) is 10.0. The molecule has 4 atom stereocenters. The standard InChI is InChI=1S/C19H30ClN5O/c1-3-25(4-2)17(13-7-5-6-8-15(13)20)12-22-19(26)18-14-11-21-10-9-16(14)23-24-18/h5-8,14,16-18,21,23-24H,3-4,9-12H2,1-2H3,(H,22,26). The second kappa shape index (κ2) is 9.15. The summed E-state index contributed by atoms with van der Waals surface area (Å²) in [6.45, 7) is 8.49. The monoisotopic (exact) mass is 379 g/mol. The number of rotatable bonds is 7. The number of carbonyl (C=O) groups excluding carboxylic acids is 1. The van der Waals surface area contributed by atoms with Crippen molar-refractivity contribution in [2.24, 2.45) is 5.92 Å². The maximum atomic E-state index is 12.8. The molecular formula is C19H30ClN5O. The maximum Gasteiger partial charge on any atom is 0.238 e. The number of piperidine rings is 1. The van der Waals surface area contributed by atoms with Crippen LogP contribution in [0.25, 0.3) is 0 Å². The molecule has 6 nitrogen and oxygen atoms in total. The number of carbonyl (C=O) groups is 1. The molecule has 0 aliphatic carbocycles. The Labute approximate surface area is 161 Å². The fourth-order valence-corrected chi connectivity index (χ4v) is 4.39. The smallest absolute Gasteiger partial charge is 0.238 e. The number of likely N-dealkylation sites (N-methyl/N-ethyl adjacent to an activating group) is 1. The predicted molar refractivity (Wildman–Crippen MR) is 105 cm³/mol. The second-order valence-electron chi connectivity index (χ2n) is 7.03. The molecule has 0 aromatic heterocycles. The Hall–Kier alpha value is -1.18. The molecule has 4 N–H and O–H groups in total. The average Bonchev–Trinajstić information content (AvgIpc) is 3.10. The van der Waals surface area contributed by atoms with Crippen LogP contribution in [0.1, 0.15) is 31.9 Å². The molecule has 1 aromatic rings. The Balaban J connectivity index is 1.67. The zero-order chi connectivity index (χ0) is 18.5. The van der Waals surface area contributed by atoms with E-state index in [9.17, 15) is 4.79 Å². The molecule has 26 heavy (non-hydrogen) atoms. The minimum absolute atomic E-state index is 0.0536. The van der Waals surface area contributed by atoms with Gasteiger partial charge in [0.2, 0.25) is 5.91 Å². The lowest BCUT2D eigenvalue weighted by atomic mass is 9.89. The highest BCUT2D eigenvalue weighted by Crippen LogP contribution is 2.27. The summed E-state index contributed by atoms with van der Waals surface area (Å²) < 4.78 is 0. The van der Waals surface area contributed by atoms with Gasteiger partial charge < -0.3 is 10.6 Å². The number of hydrogen-bond donors (Lipinski definition) is 4. The van der Waals surface area contributed by atoms with Crippen LogP contribution in [0.3, 0.4) is 0 Å². The van der Waals surface area contributed by atoms with Gasteiger partial charge in [-0.1, -0.05) is 43.6 Å². The van der Waals surface area contributed by atoms with Gasteiger partial charge in [0.15, 0.2) is 0 Å². The number of fused-ring (bicyclic) bond motifs is 1. The lowest BCUT2D eigenvalue weighted by Gasteiger charge is -2.32. The van der Waals surface area contributed by atoms with Crippen molar-refractivity contribution in [3.8, 4) is 0 Å². The van der Waals surface area contributed by atoms with Crippen molar-refractivity contribution in [3.05, 3.63) is 34.9 Å². The molecule has 2 saturated heterocycles. The van der Waals surface area contributed by atoms with Crippen LogP contribution in [-0.2, 0) is 4.79 Å². The summed E-state index contributed by atoms with van der Waals surface area (Å²) in [4.78, 5) is 15.2. The third-order valence-electron chi connectivity index (χ3n) is 5.65. The molecule has 144 valence electrons. The molecular weight excluding hydrogens is 350 g/mol. The summed E-state index contributed by atoms with van der Waals surface area (Å²) in [5.74, 6) is 0.342. The van der Waals surface area contributed by atoms with Crippen LogP contribution in [0.2, 0.25) is 5.02 Å². The van der Waals surface area contributed by atoms with Crippen molar-refractivity contribution in [2.75, 3.05) is 32.7 Å². The molecule has 3 rings (SSSR count). The fraction of sp³-hybridized carbons (Fsp3) is 0.632. The van der Waals surface area contributed by atoms with Crippen molar-refractivity contribution >= 4 is 17.5 Å². The Morgan fingerprint density at radius 3 is 2.81 bits per heavy atom. The Morgan fingerprint density at radius 2 is 2.08 bits per heavy atom. The van der Waals surface area contributed by atoms with Gasteiger partial charge in [0.1, 0.15) is 6.04 Å². The second-order valence-corrected chi connectivity index (χ2v) is 7.44. The average molecular weight is 380 g/mol. The zero-order valence-electron chi connectivity index (χ0n) is 15.6. The van der Waals surface area contributed by atoms with Crippen LogP contribution in [0.15, 0.2) is 24.3 Å². The summed E-state index contributed by atoms with van der Waals surface area (Å²) in [5, 5.41) is 7.30. The van der Waals surface area contributed by atoms with Gasteiger partial charge in [-0.25, -0.2) is 5.43 Å². The van der Waals surface area contributed by atoms with Gasteiger partial charge in [0.25, 0.3) is 0 Å². The van der Waals surface area contributed by atoms with Crippen LogP contribution in [-0.4, -0.2) is 55.6 Å². The quantitative estimate of drug-likeness (QED) is 0.575. The van der Waals surface area contributed by atoms with E-state index in [1.807, 2.05) is 24.3 Å². The molecule has 4 unspecified atom stereocenters. The number of nitrogens with zero attached hydrogens (tertiary/aromatic N) is 1. The predicted octanol–water partition coefficient (Wildman–Crippen LogP) is 1.29. The highest BCUT2D eigenvalue weighted by Gasteiger charge is 2.41. The van der Waals surface area contributed by atoms with E-state index in [4.69, 9.17) is 11.6 Å². The zero-order valence-corrected chi connectivity index (χ0v) is 16.4. The van der Waals surface area contributed by atoms with Gasteiger partial charge in [0.05, 0.1) is 6.04 Å². The number of nitrogens with one attached hydrogen (secondary N) is 4. The minimum Gasteiger partial charge on any atom is -0.353 e. The summed E-state index contributed by atoms with van der Waals surface area (Å²) >= 11 is 6.44. The van der Waals surface area contributed by atoms with Crippen molar-refractivity contribution in [3.63, 3.8) is 0 Å². The van der Waals surface area contributed by atoms with E-state index in [0.717, 1.165) is 43.2 Å². The molecule has 0 spiro atoms.